The van der Waals surface area contributed by atoms with Gasteiger partial charge in [0.25, 0.3) is 0 Å². The Morgan fingerprint density at radius 2 is 1.40 bits per heavy atom. The third-order valence-corrected chi connectivity index (χ3v) is 4.99. The molecule has 0 aliphatic rings. The highest BCUT2D eigenvalue weighted by atomic mass is 14.4. The van der Waals surface area contributed by atoms with Gasteiger partial charge < -0.3 is 0 Å². The van der Waals surface area contributed by atoms with E-state index in [1.54, 1.807) is 0 Å². The molecule has 0 heteroatoms. The van der Waals surface area contributed by atoms with Crippen molar-refractivity contribution < 1.29 is 0 Å². The zero-order valence-corrected chi connectivity index (χ0v) is 12.2. The fourth-order valence-corrected chi connectivity index (χ4v) is 2.26. The van der Waals surface area contributed by atoms with E-state index in [2.05, 4.69) is 55.4 Å². The molecule has 0 heterocycles. The summed E-state index contributed by atoms with van der Waals surface area (Å²) in [5.41, 5.74) is 0.465. The lowest BCUT2D eigenvalue weighted by atomic mass is 9.65. The minimum absolute atomic E-state index is 0.465. The molecule has 0 aliphatic carbocycles. The standard InChI is InChI=1S/C15H32/c1-9-12(4)10-13(5)14(6)15(7,8)11(2)3/h11-14H,9-10H2,1-8H3. The second-order valence-electron chi connectivity index (χ2n) is 6.49. The molecule has 0 N–H and O–H groups in total. The van der Waals surface area contributed by atoms with Crippen LogP contribution >= 0.6 is 0 Å². The van der Waals surface area contributed by atoms with Gasteiger partial charge in [-0.3, -0.25) is 0 Å². The molecule has 0 saturated heterocycles. The van der Waals surface area contributed by atoms with E-state index in [4.69, 9.17) is 0 Å². The van der Waals surface area contributed by atoms with E-state index in [0.29, 0.717) is 5.41 Å². The molecule has 0 spiro atoms. The molecule has 0 saturated carbocycles. The Kier molecular flexibility index (Phi) is 5.92. The van der Waals surface area contributed by atoms with Gasteiger partial charge >= 0.3 is 0 Å². The summed E-state index contributed by atoms with van der Waals surface area (Å²) < 4.78 is 0. The molecule has 0 aromatic heterocycles. The van der Waals surface area contributed by atoms with Crippen molar-refractivity contribution in [2.75, 3.05) is 0 Å². The minimum Gasteiger partial charge on any atom is -0.0651 e. The molecule has 0 radical (unpaired) electrons. The summed E-state index contributed by atoms with van der Waals surface area (Å²) in [6, 6.07) is 0. The monoisotopic (exact) mass is 212 g/mol. The quantitative estimate of drug-likeness (QED) is 0.554. The average Bonchev–Trinajstić information content (AvgIpc) is 2.15. The number of hydrogen-bond acceptors (Lipinski definition) is 0. The zero-order chi connectivity index (χ0) is 12.2. The van der Waals surface area contributed by atoms with E-state index >= 15 is 0 Å². The zero-order valence-electron chi connectivity index (χ0n) is 12.2. The molecule has 92 valence electrons. The van der Waals surface area contributed by atoms with Crippen LogP contribution in [0.15, 0.2) is 0 Å². The van der Waals surface area contributed by atoms with Crippen molar-refractivity contribution in [1.29, 1.82) is 0 Å². The highest BCUT2D eigenvalue weighted by Crippen LogP contribution is 2.40. The first kappa shape index (κ1) is 15.0. The number of hydrogen-bond donors (Lipinski definition) is 0. The molecule has 0 amide bonds. The van der Waals surface area contributed by atoms with E-state index in [9.17, 15) is 0 Å². The lowest BCUT2D eigenvalue weighted by Crippen LogP contribution is -2.32. The van der Waals surface area contributed by atoms with Gasteiger partial charge in [0.05, 0.1) is 0 Å². The van der Waals surface area contributed by atoms with E-state index in [1.807, 2.05) is 0 Å². The predicted molar refractivity (Wildman–Crippen MR) is 71.0 cm³/mol. The van der Waals surface area contributed by atoms with Crippen LogP contribution in [-0.4, -0.2) is 0 Å². The summed E-state index contributed by atoms with van der Waals surface area (Å²) in [6.45, 7) is 19.1. The maximum Gasteiger partial charge on any atom is -0.0303 e. The van der Waals surface area contributed by atoms with Gasteiger partial charge in [-0.1, -0.05) is 61.8 Å². The van der Waals surface area contributed by atoms with E-state index < -0.39 is 0 Å². The molecule has 0 aromatic rings. The first-order valence-corrected chi connectivity index (χ1v) is 6.73. The van der Waals surface area contributed by atoms with Crippen molar-refractivity contribution in [2.45, 2.75) is 68.2 Å². The van der Waals surface area contributed by atoms with E-state index in [-0.39, 0.29) is 0 Å². The highest BCUT2D eigenvalue weighted by molar-refractivity contribution is 4.82. The van der Waals surface area contributed by atoms with Gasteiger partial charge in [0.2, 0.25) is 0 Å². The Morgan fingerprint density at radius 3 is 1.73 bits per heavy atom. The van der Waals surface area contributed by atoms with E-state index in [0.717, 1.165) is 23.7 Å². The van der Waals surface area contributed by atoms with Crippen LogP contribution in [0, 0.1) is 29.1 Å². The molecule has 15 heavy (non-hydrogen) atoms. The van der Waals surface area contributed by atoms with Crippen molar-refractivity contribution >= 4 is 0 Å². The van der Waals surface area contributed by atoms with Crippen LogP contribution in [0.3, 0.4) is 0 Å². The average molecular weight is 212 g/mol. The predicted octanol–water partition coefficient (Wildman–Crippen LogP) is 5.38. The first-order valence-electron chi connectivity index (χ1n) is 6.73. The lowest BCUT2D eigenvalue weighted by molar-refractivity contribution is 0.0942. The maximum atomic E-state index is 2.44. The molecule has 0 nitrogen and oxygen atoms in total. The largest absolute Gasteiger partial charge is 0.0651 e. The lowest BCUT2D eigenvalue weighted by Gasteiger charge is -2.40. The molecule has 0 rings (SSSR count). The molecule has 0 fully saturated rings. The fraction of sp³-hybridized carbons (Fsp3) is 1.00. The SMILES string of the molecule is CCC(C)CC(C)C(C)C(C)(C)C(C)C. The van der Waals surface area contributed by atoms with Gasteiger partial charge in [-0.05, 0) is 35.5 Å². The van der Waals surface area contributed by atoms with Crippen LogP contribution in [0.25, 0.3) is 0 Å². The van der Waals surface area contributed by atoms with Crippen molar-refractivity contribution in [1.82, 2.24) is 0 Å². The van der Waals surface area contributed by atoms with Gasteiger partial charge in [-0.25, -0.2) is 0 Å². The Hall–Kier alpha value is 0. The van der Waals surface area contributed by atoms with Crippen LogP contribution in [0.2, 0.25) is 0 Å². The minimum atomic E-state index is 0.465. The fourth-order valence-electron chi connectivity index (χ4n) is 2.26. The molecule has 3 unspecified atom stereocenters. The second-order valence-corrected chi connectivity index (χ2v) is 6.49. The Bertz CT molecular complexity index is 167. The van der Waals surface area contributed by atoms with Crippen molar-refractivity contribution in [3.8, 4) is 0 Å². The summed E-state index contributed by atoms with van der Waals surface area (Å²) in [6.07, 6.45) is 2.70. The summed E-state index contributed by atoms with van der Waals surface area (Å²) in [5, 5.41) is 0. The third kappa shape index (κ3) is 4.17. The van der Waals surface area contributed by atoms with Crippen LogP contribution in [0.1, 0.15) is 68.2 Å². The molecular weight excluding hydrogens is 180 g/mol. The van der Waals surface area contributed by atoms with Crippen LogP contribution in [0.4, 0.5) is 0 Å². The topological polar surface area (TPSA) is 0 Å². The van der Waals surface area contributed by atoms with Crippen molar-refractivity contribution in [2.24, 2.45) is 29.1 Å². The van der Waals surface area contributed by atoms with Crippen molar-refractivity contribution in [3.63, 3.8) is 0 Å². The first-order chi connectivity index (χ1) is 6.73. The van der Waals surface area contributed by atoms with Crippen LogP contribution in [-0.2, 0) is 0 Å². The molecule has 0 aliphatic heterocycles. The van der Waals surface area contributed by atoms with Crippen LogP contribution < -0.4 is 0 Å². The summed E-state index contributed by atoms with van der Waals surface area (Å²) in [7, 11) is 0. The van der Waals surface area contributed by atoms with Crippen molar-refractivity contribution in [3.05, 3.63) is 0 Å². The maximum absolute atomic E-state index is 2.44. The normalized spacial score (nSPS) is 19.0. The van der Waals surface area contributed by atoms with Gasteiger partial charge in [-0.2, -0.15) is 0 Å². The Morgan fingerprint density at radius 1 is 0.933 bits per heavy atom. The summed E-state index contributed by atoms with van der Waals surface area (Å²) in [4.78, 5) is 0. The van der Waals surface area contributed by atoms with Gasteiger partial charge in [0.1, 0.15) is 0 Å². The molecule has 3 atom stereocenters. The molecular formula is C15H32. The molecule has 0 aromatic carbocycles. The second kappa shape index (κ2) is 5.92. The number of rotatable bonds is 6. The van der Waals surface area contributed by atoms with Gasteiger partial charge in [0, 0.05) is 0 Å². The van der Waals surface area contributed by atoms with Gasteiger partial charge in [0.15, 0.2) is 0 Å². The smallest absolute Gasteiger partial charge is 0.0303 e. The van der Waals surface area contributed by atoms with Gasteiger partial charge in [-0.15, -0.1) is 0 Å². The van der Waals surface area contributed by atoms with Crippen LogP contribution in [0.5, 0.6) is 0 Å². The Balaban J connectivity index is 4.36. The highest BCUT2D eigenvalue weighted by Gasteiger charge is 2.32. The Labute approximate surface area is 97.8 Å². The summed E-state index contributed by atoms with van der Waals surface area (Å²) >= 11 is 0. The third-order valence-electron chi connectivity index (χ3n) is 4.99. The molecule has 0 bridgehead atoms. The summed E-state index contributed by atoms with van der Waals surface area (Å²) in [5.74, 6) is 3.31. The van der Waals surface area contributed by atoms with E-state index in [1.165, 1.54) is 12.8 Å².